The topological polar surface area (TPSA) is 59.1 Å². The van der Waals surface area contributed by atoms with E-state index < -0.39 is 10.0 Å². The Kier molecular flexibility index (Phi) is 2.22. The molecule has 0 unspecified atom stereocenters. The van der Waals surface area contributed by atoms with Gasteiger partial charge in [-0.3, -0.25) is 4.72 Å². The predicted octanol–water partition coefficient (Wildman–Crippen LogP) is -0.221. The van der Waals surface area contributed by atoms with Crippen LogP contribution in [0, 0.1) is 0 Å². The molecule has 2 radical (unpaired) electrons. The van der Waals surface area contributed by atoms with Crippen LogP contribution in [0.1, 0.15) is 12.8 Å². The lowest BCUT2D eigenvalue weighted by Gasteiger charge is -2.05. The minimum atomic E-state index is -3.22. The molecule has 0 atom stereocenters. The van der Waals surface area contributed by atoms with Crippen molar-refractivity contribution in [1.29, 1.82) is 0 Å². The molecule has 1 fully saturated rings. The number of aromatic nitrogens is 1. The minimum Gasteiger partial charge on any atom is -0.267 e. The quantitative estimate of drug-likeness (QED) is 0.698. The van der Waals surface area contributed by atoms with E-state index in [0.29, 0.717) is 5.59 Å². The molecule has 1 N–H and O–H groups in total. The van der Waals surface area contributed by atoms with E-state index in [1.165, 1.54) is 0 Å². The molecule has 1 aromatic heterocycles. The SMILES string of the molecule is [B]c1cccc(NS(=O)(=O)C2CC2)n1. The second-order valence-electron chi connectivity index (χ2n) is 3.29. The number of hydrogen-bond donors (Lipinski definition) is 1. The van der Waals surface area contributed by atoms with Gasteiger partial charge in [-0.05, 0) is 24.5 Å². The highest BCUT2D eigenvalue weighted by Crippen LogP contribution is 2.28. The number of sulfonamides is 1. The Bertz CT molecular complexity index is 442. The fourth-order valence-corrected chi connectivity index (χ4v) is 2.44. The van der Waals surface area contributed by atoms with Crippen molar-refractivity contribution in [1.82, 2.24) is 4.98 Å². The van der Waals surface area contributed by atoms with Gasteiger partial charge in [0.2, 0.25) is 10.0 Å². The number of rotatable bonds is 3. The van der Waals surface area contributed by atoms with E-state index in [0.717, 1.165) is 12.8 Å². The van der Waals surface area contributed by atoms with Gasteiger partial charge in [0.15, 0.2) is 0 Å². The van der Waals surface area contributed by atoms with Gasteiger partial charge < -0.3 is 0 Å². The zero-order valence-corrected chi connectivity index (χ0v) is 8.29. The number of nitrogens with one attached hydrogen (secondary N) is 1. The molecule has 0 amide bonds. The molecule has 6 heteroatoms. The summed E-state index contributed by atoms with van der Waals surface area (Å²) < 4.78 is 25.4. The highest BCUT2D eigenvalue weighted by molar-refractivity contribution is 7.93. The molecule has 1 saturated carbocycles. The zero-order valence-electron chi connectivity index (χ0n) is 7.47. The Morgan fingerprint density at radius 3 is 2.71 bits per heavy atom. The van der Waals surface area contributed by atoms with Crippen LogP contribution in [0.2, 0.25) is 0 Å². The lowest BCUT2D eigenvalue weighted by atomic mass is 10.0. The van der Waals surface area contributed by atoms with Crippen LogP contribution < -0.4 is 10.3 Å². The molecule has 0 aromatic carbocycles. The lowest BCUT2D eigenvalue weighted by molar-refractivity contribution is 0.600. The first kappa shape index (κ1) is 9.52. The molecular weight excluding hydrogens is 199 g/mol. The molecule has 0 saturated heterocycles. The fraction of sp³-hybridized carbons (Fsp3) is 0.375. The fourth-order valence-electron chi connectivity index (χ4n) is 1.12. The standard InChI is InChI=1S/C8H9BN2O2S/c9-7-2-1-3-8(10-7)11-14(12,13)6-4-5-6/h1-3,6H,4-5H2,(H,10,11). The van der Waals surface area contributed by atoms with Gasteiger partial charge in [-0.1, -0.05) is 12.1 Å². The van der Waals surface area contributed by atoms with Gasteiger partial charge >= 0.3 is 0 Å². The van der Waals surface area contributed by atoms with Crippen LogP contribution in [0.3, 0.4) is 0 Å². The first-order valence-corrected chi connectivity index (χ1v) is 5.87. The molecular formula is C8H9BN2O2S. The van der Waals surface area contributed by atoms with E-state index in [1.807, 2.05) is 0 Å². The third-order valence-electron chi connectivity index (χ3n) is 1.98. The molecule has 1 aromatic rings. The second-order valence-corrected chi connectivity index (χ2v) is 5.25. The Hall–Kier alpha value is -1.04. The van der Waals surface area contributed by atoms with Crippen molar-refractivity contribution in [3.63, 3.8) is 0 Å². The summed E-state index contributed by atoms with van der Waals surface area (Å²) in [6, 6.07) is 4.85. The van der Waals surface area contributed by atoms with Gasteiger partial charge in [0.05, 0.1) is 5.25 Å². The van der Waals surface area contributed by atoms with Crippen LogP contribution in [0.25, 0.3) is 0 Å². The van der Waals surface area contributed by atoms with Crippen LogP contribution in [0.4, 0.5) is 5.82 Å². The van der Waals surface area contributed by atoms with Crippen LogP contribution in [-0.2, 0) is 10.0 Å². The van der Waals surface area contributed by atoms with E-state index in [1.54, 1.807) is 18.2 Å². The van der Waals surface area contributed by atoms with Crippen molar-refractivity contribution >= 4 is 29.3 Å². The Labute approximate surface area is 84.2 Å². The number of nitrogens with zero attached hydrogens (tertiary/aromatic N) is 1. The third-order valence-corrected chi connectivity index (χ3v) is 3.82. The van der Waals surface area contributed by atoms with Gasteiger partial charge in [0.25, 0.3) is 0 Å². The smallest absolute Gasteiger partial charge is 0.236 e. The summed E-state index contributed by atoms with van der Waals surface area (Å²) in [5.41, 5.74) is 0.306. The van der Waals surface area contributed by atoms with Crippen molar-refractivity contribution in [2.75, 3.05) is 4.72 Å². The molecule has 4 nitrogen and oxygen atoms in total. The third kappa shape index (κ3) is 2.06. The van der Waals surface area contributed by atoms with E-state index in [9.17, 15) is 8.42 Å². The van der Waals surface area contributed by atoms with E-state index >= 15 is 0 Å². The maximum Gasteiger partial charge on any atom is 0.236 e. The normalized spacial score (nSPS) is 16.6. The zero-order chi connectivity index (χ0) is 10.2. The molecule has 72 valence electrons. The van der Waals surface area contributed by atoms with E-state index in [-0.39, 0.29) is 11.1 Å². The van der Waals surface area contributed by atoms with Crippen LogP contribution >= 0.6 is 0 Å². The van der Waals surface area contributed by atoms with Gasteiger partial charge in [-0.25, -0.2) is 13.4 Å². The molecule has 14 heavy (non-hydrogen) atoms. The Balaban J connectivity index is 2.18. The molecule has 0 bridgehead atoms. The Morgan fingerprint density at radius 1 is 1.43 bits per heavy atom. The molecule has 2 rings (SSSR count). The largest absolute Gasteiger partial charge is 0.267 e. The lowest BCUT2D eigenvalue weighted by Crippen LogP contribution is -2.20. The summed E-state index contributed by atoms with van der Waals surface area (Å²) in [5, 5.41) is -0.245. The average Bonchev–Trinajstić information content (AvgIpc) is 2.84. The average molecular weight is 208 g/mol. The minimum absolute atomic E-state index is 0.245. The second kappa shape index (κ2) is 3.27. The first-order valence-electron chi connectivity index (χ1n) is 4.32. The van der Waals surface area contributed by atoms with Gasteiger partial charge in [0, 0.05) is 0 Å². The van der Waals surface area contributed by atoms with Gasteiger partial charge in [-0.2, -0.15) is 0 Å². The van der Waals surface area contributed by atoms with Gasteiger partial charge in [0.1, 0.15) is 13.7 Å². The molecule has 1 heterocycles. The van der Waals surface area contributed by atoms with E-state index in [4.69, 9.17) is 7.85 Å². The predicted molar refractivity (Wildman–Crippen MR) is 55.2 cm³/mol. The maximum atomic E-state index is 11.5. The highest BCUT2D eigenvalue weighted by atomic mass is 32.2. The van der Waals surface area contributed by atoms with Crippen molar-refractivity contribution in [3.05, 3.63) is 18.2 Å². The Morgan fingerprint density at radius 2 is 2.14 bits per heavy atom. The summed E-state index contributed by atoms with van der Waals surface area (Å²) in [4.78, 5) is 3.86. The van der Waals surface area contributed by atoms with Crippen molar-refractivity contribution in [2.45, 2.75) is 18.1 Å². The van der Waals surface area contributed by atoms with Gasteiger partial charge in [-0.15, -0.1) is 0 Å². The van der Waals surface area contributed by atoms with Crippen LogP contribution in [0.5, 0.6) is 0 Å². The number of hydrogen-bond acceptors (Lipinski definition) is 3. The monoisotopic (exact) mass is 208 g/mol. The number of anilines is 1. The maximum absolute atomic E-state index is 11.5. The van der Waals surface area contributed by atoms with E-state index in [2.05, 4.69) is 9.71 Å². The number of pyridine rings is 1. The molecule has 0 aliphatic heterocycles. The molecule has 1 aliphatic rings. The van der Waals surface area contributed by atoms with Crippen molar-refractivity contribution in [3.8, 4) is 0 Å². The summed E-state index contributed by atoms with van der Waals surface area (Å²) in [6.45, 7) is 0. The van der Waals surface area contributed by atoms with Crippen molar-refractivity contribution < 1.29 is 8.42 Å². The summed E-state index contributed by atoms with van der Waals surface area (Å²) >= 11 is 0. The van der Waals surface area contributed by atoms with Crippen LogP contribution in [-0.4, -0.2) is 26.5 Å². The highest BCUT2D eigenvalue weighted by Gasteiger charge is 2.35. The van der Waals surface area contributed by atoms with Crippen molar-refractivity contribution in [2.24, 2.45) is 0 Å². The first-order chi connectivity index (χ1) is 6.58. The molecule has 1 aliphatic carbocycles. The summed E-state index contributed by atoms with van der Waals surface area (Å²) in [5.74, 6) is 0.289. The summed E-state index contributed by atoms with van der Waals surface area (Å²) in [6.07, 6.45) is 1.47. The molecule has 0 spiro atoms. The van der Waals surface area contributed by atoms with Crippen LogP contribution in [0.15, 0.2) is 18.2 Å². The summed E-state index contributed by atoms with van der Waals surface area (Å²) in [7, 11) is 2.20.